The normalized spacial score (nSPS) is 17.2. The van der Waals surface area contributed by atoms with E-state index < -0.39 is 37.7 Å². The van der Waals surface area contributed by atoms with Crippen LogP contribution < -0.4 is 38.7 Å². The molecular weight excluding hydrogens is 1210 g/mol. The molecule has 0 fully saturated rings. The second-order valence-electron chi connectivity index (χ2n) is 23.8. The van der Waals surface area contributed by atoms with Crippen molar-refractivity contribution >= 4 is 89.6 Å². The number of ketones is 1. The first-order valence-corrected chi connectivity index (χ1v) is 34.1. The van der Waals surface area contributed by atoms with Crippen molar-refractivity contribution in [3.8, 4) is 17.2 Å². The van der Waals surface area contributed by atoms with Crippen LogP contribution in [0, 0.1) is 6.92 Å². The largest absolute Gasteiger partial charge is 0.493 e. The third kappa shape index (κ3) is 14.9. The molecule has 5 aliphatic rings. The van der Waals surface area contributed by atoms with Gasteiger partial charge in [0.05, 0.1) is 81.8 Å². The fraction of sp³-hybridized carbons (Fsp3) is 0.448. The van der Waals surface area contributed by atoms with Crippen LogP contribution in [-0.4, -0.2) is 172 Å². The van der Waals surface area contributed by atoms with E-state index >= 15 is 0 Å². The molecule has 20 nitrogen and oxygen atoms in total. The van der Waals surface area contributed by atoms with E-state index in [4.69, 9.17) is 32.6 Å². The van der Waals surface area contributed by atoms with Gasteiger partial charge in [-0.25, -0.2) is 0 Å². The number of carbonyl (C=O) groups excluding carboxylic acids is 5. The van der Waals surface area contributed by atoms with Crippen molar-refractivity contribution in [2.45, 2.75) is 88.2 Å². The van der Waals surface area contributed by atoms with E-state index in [1.54, 1.807) is 31.1 Å². The molecule has 4 amide bonds. The summed E-state index contributed by atoms with van der Waals surface area (Å²) in [6.45, 7) is 10.6. The maximum atomic E-state index is 14.5. The Balaban J connectivity index is 0.916. The molecule has 0 saturated heterocycles. The number of ether oxygens (including phenoxy) is 6. The molecule has 0 aliphatic carbocycles. The lowest BCUT2D eigenvalue weighted by molar-refractivity contribution is -0.137. The van der Waals surface area contributed by atoms with Gasteiger partial charge in [-0.05, 0) is 117 Å². The maximum absolute atomic E-state index is 14.5. The van der Waals surface area contributed by atoms with Crippen molar-refractivity contribution in [1.29, 1.82) is 0 Å². The van der Waals surface area contributed by atoms with Crippen molar-refractivity contribution in [3.63, 3.8) is 0 Å². The number of benzene rings is 5. The Kier molecular flexibility index (Phi) is 21.2. The second kappa shape index (κ2) is 29.0. The summed E-state index contributed by atoms with van der Waals surface area (Å²) in [4.78, 5) is 78.1. The SMILES string of the molecule is COCCOCCOCCN(CC(C)(C)SSCCC(C(=O)CCCN1C(=O)C=CC1=O)S(=O)(=O)OC)c1cc(COc2cc3c(cc2C)C(=O)N2c4ccccc4C[C@H]2CN3C)cc(COc2cc3c(cc2OC)C(=O)N2c4ccccc4C[C@H]2CN3C)c1. The van der Waals surface area contributed by atoms with Crippen LogP contribution in [0.1, 0.15) is 81.6 Å². The number of fused-ring (bicyclic) bond motifs is 8. The van der Waals surface area contributed by atoms with E-state index in [2.05, 4.69) is 58.9 Å². The summed E-state index contributed by atoms with van der Waals surface area (Å²) >= 11 is 0. The van der Waals surface area contributed by atoms with Crippen LogP contribution in [0.25, 0.3) is 0 Å². The highest BCUT2D eigenvalue weighted by Crippen LogP contribution is 2.44. The van der Waals surface area contributed by atoms with Gasteiger partial charge < -0.3 is 52.9 Å². The van der Waals surface area contributed by atoms with Gasteiger partial charge in [0.25, 0.3) is 33.7 Å². The molecule has 90 heavy (non-hydrogen) atoms. The number of anilines is 5. The molecule has 5 aromatic rings. The number of carbonyl (C=O) groups is 5. The molecule has 0 saturated carbocycles. The topological polar surface area (TPSA) is 204 Å². The minimum Gasteiger partial charge on any atom is -0.493 e. The smallest absolute Gasteiger partial charge is 0.277 e. The number of amides is 4. The summed E-state index contributed by atoms with van der Waals surface area (Å²) in [6, 6.07) is 29.9. The molecule has 0 radical (unpaired) electrons. The van der Waals surface area contributed by atoms with E-state index in [9.17, 15) is 32.4 Å². The highest BCUT2D eigenvalue weighted by atomic mass is 33.1. The van der Waals surface area contributed by atoms with E-state index in [-0.39, 0.29) is 62.9 Å². The average Bonchev–Trinajstić information content (AvgIpc) is 1.61. The molecule has 23 heteroatoms. The van der Waals surface area contributed by atoms with Gasteiger partial charge in [0.2, 0.25) is 0 Å². The zero-order valence-corrected chi connectivity index (χ0v) is 54.8. The molecule has 5 aliphatic heterocycles. The first-order valence-electron chi connectivity index (χ1n) is 30.3. The van der Waals surface area contributed by atoms with Gasteiger partial charge in [0, 0.05) is 112 Å². The highest BCUT2D eigenvalue weighted by molar-refractivity contribution is 8.77. The Bertz CT molecular complexity index is 3620. The van der Waals surface area contributed by atoms with E-state index in [1.807, 2.05) is 85.4 Å². The zero-order chi connectivity index (χ0) is 63.9. The lowest BCUT2D eigenvalue weighted by atomic mass is 10.1. The number of imide groups is 1. The summed E-state index contributed by atoms with van der Waals surface area (Å²) in [6.07, 6.45) is 3.81. The van der Waals surface area contributed by atoms with Crippen molar-refractivity contribution < 1.29 is 65.0 Å². The Morgan fingerprint density at radius 1 is 0.689 bits per heavy atom. The van der Waals surface area contributed by atoms with Crippen LogP contribution in [0.2, 0.25) is 0 Å². The summed E-state index contributed by atoms with van der Waals surface area (Å²) in [5, 5.41) is -1.43. The van der Waals surface area contributed by atoms with Crippen LogP contribution in [0.5, 0.6) is 17.2 Å². The molecule has 480 valence electrons. The van der Waals surface area contributed by atoms with Crippen LogP contribution in [0.15, 0.2) is 103 Å². The first-order chi connectivity index (χ1) is 43.3. The predicted molar refractivity (Wildman–Crippen MR) is 352 cm³/mol. The van der Waals surface area contributed by atoms with Crippen LogP contribution in [0.4, 0.5) is 28.4 Å². The van der Waals surface area contributed by atoms with Crippen molar-refractivity contribution in [1.82, 2.24) is 4.90 Å². The summed E-state index contributed by atoms with van der Waals surface area (Å²) in [5.41, 5.74) is 10.2. The monoisotopic (exact) mass is 1290 g/mol. The Morgan fingerprint density at radius 2 is 1.24 bits per heavy atom. The number of rotatable bonds is 31. The lowest BCUT2D eigenvalue weighted by Gasteiger charge is -2.34. The van der Waals surface area contributed by atoms with Gasteiger partial charge in [0.15, 0.2) is 17.3 Å². The molecule has 3 atom stereocenters. The summed E-state index contributed by atoms with van der Waals surface area (Å²) < 4.78 is 67.3. The van der Waals surface area contributed by atoms with Crippen molar-refractivity contribution in [2.24, 2.45) is 0 Å². The third-order valence-corrected chi connectivity index (χ3v) is 21.8. The zero-order valence-electron chi connectivity index (χ0n) is 52.4. The van der Waals surface area contributed by atoms with Crippen LogP contribution >= 0.6 is 21.6 Å². The van der Waals surface area contributed by atoms with E-state index in [0.29, 0.717) is 93.3 Å². The number of methoxy groups -OCH3 is 2. The number of hydrogen-bond donors (Lipinski definition) is 0. The molecule has 10 rings (SSSR count). The molecule has 5 aromatic carbocycles. The third-order valence-electron chi connectivity index (χ3n) is 16.9. The maximum Gasteiger partial charge on any atom is 0.277 e. The molecular formula is C67H80N6O14S3. The molecule has 1 unspecified atom stereocenters. The van der Waals surface area contributed by atoms with Gasteiger partial charge >= 0.3 is 0 Å². The number of aryl methyl sites for hydroxylation is 1. The molecule has 5 heterocycles. The summed E-state index contributed by atoms with van der Waals surface area (Å²) in [7, 11) is 7.00. The van der Waals surface area contributed by atoms with Gasteiger partial charge in [-0.1, -0.05) is 58.0 Å². The van der Waals surface area contributed by atoms with Gasteiger partial charge in [-0.3, -0.25) is 33.1 Å². The number of hydrogen-bond acceptors (Lipinski definition) is 19. The lowest BCUT2D eigenvalue weighted by Crippen LogP contribution is -2.41. The van der Waals surface area contributed by atoms with E-state index in [1.165, 1.54) is 22.9 Å². The molecule has 0 bridgehead atoms. The number of para-hydroxylation sites is 2. The van der Waals surface area contributed by atoms with E-state index in [0.717, 1.165) is 81.1 Å². The van der Waals surface area contributed by atoms with Crippen LogP contribution in [0.3, 0.4) is 0 Å². The van der Waals surface area contributed by atoms with Gasteiger partial charge in [-0.2, -0.15) is 8.42 Å². The number of likely N-dealkylation sites (N-methyl/N-ethyl adjacent to an activating group) is 2. The average molecular weight is 1290 g/mol. The Hall–Kier alpha value is -7.12. The van der Waals surface area contributed by atoms with Gasteiger partial charge in [0.1, 0.15) is 24.2 Å². The quantitative estimate of drug-likeness (QED) is 0.0176. The highest BCUT2D eigenvalue weighted by Gasteiger charge is 2.41. The molecule has 0 N–H and O–H groups in total. The predicted octanol–water partition coefficient (Wildman–Crippen LogP) is 8.86. The second-order valence-corrected chi connectivity index (χ2v) is 28.8. The Labute approximate surface area is 535 Å². The van der Waals surface area contributed by atoms with Crippen molar-refractivity contribution in [3.05, 3.63) is 142 Å². The van der Waals surface area contributed by atoms with Crippen LogP contribution in [-0.2, 0) is 69.0 Å². The standard InChI is InChI=1S/C67H80N6O14S3/c1-44-30-52-56(68(4)39-50-34-47-14-9-11-16-54(47)72(50)65(52)77)37-59(44)86-41-45-31-46(42-87-61-38-57-53(36-60(61)82-7)66(78)73-51(40-69(57)5)35-48-15-10-12-17-55(48)73)33-49(32-45)70(23-24-84-27-28-85-26-25-81-6)43-67(2,3)89-88-29-21-62(90(79,80)83-8)58(74)18-13-22-71-63(75)19-20-64(71)76/h9-12,14-17,19-20,30-33,36-38,50-51,62H,13,18,21-29,34-35,39-43H2,1-8H3/t50-,51-,62?/m0/s1. The molecule has 0 spiro atoms. The Morgan fingerprint density at radius 3 is 1.83 bits per heavy atom. The van der Waals surface area contributed by atoms with Crippen molar-refractivity contribution in [2.75, 3.05) is 131 Å². The number of Topliss-reactive ketones (excluding diaryl/α,β-unsaturated/α-hetero) is 1. The minimum absolute atomic E-state index is 0.00557. The molecule has 0 aromatic heterocycles. The minimum atomic E-state index is -4.26. The van der Waals surface area contributed by atoms with Gasteiger partial charge in [-0.15, -0.1) is 0 Å². The number of nitrogens with zero attached hydrogens (tertiary/aromatic N) is 6. The first kappa shape index (κ1) is 65.8. The summed E-state index contributed by atoms with van der Waals surface area (Å²) in [5.74, 6) is 0.185. The fourth-order valence-corrected chi connectivity index (χ4v) is 16.3. The fourth-order valence-electron chi connectivity index (χ4n) is 12.5.